The number of nitrogens with two attached hydrogens (primary N) is 1. The Balaban J connectivity index is 2.64. The molecule has 0 aliphatic carbocycles. The van der Waals surface area contributed by atoms with Crippen LogP contribution < -0.4 is 11.1 Å². The molecule has 3 N–H and O–H groups in total. The minimum Gasteiger partial charge on any atom is -0.384 e. The molecule has 0 fully saturated rings. The number of hydrogen-bond acceptors (Lipinski definition) is 4. The highest BCUT2D eigenvalue weighted by atomic mass is 35.5. The summed E-state index contributed by atoms with van der Waals surface area (Å²) in [6.07, 6.45) is 0.813. The van der Waals surface area contributed by atoms with Gasteiger partial charge in [-0.3, -0.25) is 10.1 Å². The zero-order chi connectivity index (χ0) is 12.1. The Labute approximate surface area is 98.7 Å². The summed E-state index contributed by atoms with van der Waals surface area (Å²) in [5.41, 5.74) is 6.27. The van der Waals surface area contributed by atoms with Gasteiger partial charge in [0.1, 0.15) is 0 Å². The van der Waals surface area contributed by atoms with Crippen LogP contribution in [0.2, 0.25) is 5.02 Å². The molecule has 1 aromatic rings. The van der Waals surface area contributed by atoms with Crippen LogP contribution in [-0.2, 0) is 0 Å². The number of nitro benzene ring substituents is 1. The Morgan fingerprint density at radius 1 is 1.62 bits per heavy atom. The van der Waals surface area contributed by atoms with Gasteiger partial charge in [-0.1, -0.05) is 11.6 Å². The number of nitrogens with zero attached hydrogens (tertiary/aromatic N) is 1. The Morgan fingerprint density at radius 2 is 2.31 bits per heavy atom. The van der Waals surface area contributed by atoms with E-state index in [1.54, 1.807) is 6.07 Å². The molecule has 5 nitrogen and oxygen atoms in total. The number of nitrogens with one attached hydrogen (secondary N) is 1. The first-order valence-corrected chi connectivity index (χ1v) is 5.32. The van der Waals surface area contributed by atoms with E-state index in [1.807, 2.05) is 6.92 Å². The van der Waals surface area contributed by atoms with E-state index < -0.39 is 4.92 Å². The van der Waals surface area contributed by atoms with E-state index in [9.17, 15) is 10.1 Å². The minimum absolute atomic E-state index is 0.0113. The number of nitro groups is 1. The van der Waals surface area contributed by atoms with E-state index >= 15 is 0 Å². The van der Waals surface area contributed by atoms with Crippen molar-refractivity contribution in [1.29, 1.82) is 0 Å². The predicted molar refractivity (Wildman–Crippen MR) is 64.9 cm³/mol. The third-order valence-corrected chi connectivity index (χ3v) is 2.39. The van der Waals surface area contributed by atoms with Gasteiger partial charge in [-0.25, -0.2) is 0 Å². The maximum atomic E-state index is 10.5. The fraction of sp³-hybridized carbons (Fsp3) is 0.400. The third-order valence-electron chi connectivity index (χ3n) is 2.08. The summed E-state index contributed by atoms with van der Waals surface area (Å²) in [4.78, 5) is 10.0. The molecule has 6 heteroatoms. The molecule has 16 heavy (non-hydrogen) atoms. The topological polar surface area (TPSA) is 81.2 Å². The van der Waals surface area contributed by atoms with Gasteiger partial charge in [-0.05, 0) is 19.4 Å². The number of hydrogen-bond donors (Lipinski definition) is 2. The van der Waals surface area contributed by atoms with Crippen LogP contribution in [0.3, 0.4) is 0 Å². The Morgan fingerprint density at radius 3 is 2.81 bits per heavy atom. The van der Waals surface area contributed by atoms with Crippen LogP contribution in [-0.4, -0.2) is 17.5 Å². The first-order valence-electron chi connectivity index (χ1n) is 4.94. The minimum atomic E-state index is -0.475. The van der Waals surface area contributed by atoms with Gasteiger partial charge in [0.2, 0.25) is 0 Å². The SMILES string of the molecule is CC(N)CCNc1ccc([N+](=O)[O-])cc1Cl. The maximum absolute atomic E-state index is 10.5. The summed E-state index contributed by atoms with van der Waals surface area (Å²) >= 11 is 5.89. The average Bonchev–Trinajstić information content (AvgIpc) is 2.19. The number of halogens is 1. The van der Waals surface area contributed by atoms with E-state index in [0.717, 1.165) is 6.42 Å². The molecular weight excluding hydrogens is 230 g/mol. The van der Waals surface area contributed by atoms with Gasteiger partial charge in [0.05, 0.1) is 15.6 Å². The molecule has 0 heterocycles. The zero-order valence-electron chi connectivity index (χ0n) is 8.94. The Hall–Kier alpha value is -1.33. The maximum Gasteiger partial charge on any atom is 0.271 e. The summed E-state index contributed by atoms with van der Waals surface area (Å²) in [7, 11) is 0. The molecule has 0 aromatic heterocycles. The molecule has 0 aliphatic heterocycles. The molecule has 0 saturated carbocycles. The van der Waals surface area contributed by atoms with Crippen LogP contribution in [0.4, 0.5) is 11.4 Å². The van der Waals surface area contributed by atoms with Crippen molar-refractivity contribution in [2.45, 2.75) is 19.4 Å². The van der Waals surface area contributed by atoms with E-state index in [4.69, 9.17) is 17.3 Å². The standard InChI is InChI=1S/C10H14ClN3O2/c1-7(12)4-5-13-10-3-2-8(14(15)16)6-9(10)11/h2-3,6-7,13H,4-5,12H2,1H3. The average molecular weight is 244 g/mol. The van der Waals surface area contributed by atoms with Crippen molar-refractivity contribution in [1.82, 2.24) is 0 Å². The van der Waals surface area contributed by atoms with E-state index in [1.165, 1.54) is 12.1 Å². The first kappa shape index (κ1) is 12.7. The van der Waals surface area contributed by atoms with Gasteiger partial charge in [-0.15, -0.1) is 0 Å². The van der Waals surface area contributed by atoms with Crippen LogP contribution in [0.5, 0.6) is 0 Å². The van der Waals surface area contributed by atoms with Crippen LogP contribution in [0.1, 0.15) is 13.3 Å². The molecule has 1 atom stereocenters. The van der Waals surface area contributed by atoms with Crippen LogP contribution in [0, 0.1) is 10.1 Å². The number of benzene rings is 1. The number of anilines is 1. The smallest absolute Gasteiger partial charge is 0.271 e. The van der Waals surface area contributed by atoms with E-state index in [-0.39, 0.29) is 11.7 Å². The molecule has 0 spiro atoms. The molecule has 1 aromatic carbocycles. The molecule has 1 unspecified atom stereocenters. The molecule has 0 bridgehead atoms. The second kappa shape index (κ2) is 5.67. The zero-order valence-corrected chi connectivity index (χ0v) is 9.70. The van der Waals surface area contributed by atoms with Crippen molar-refractivity contribution in [3.63, 3.8) is 0 Å². The molecule has 0 radical (unpaired) electrons. The molecule has 0 amide bonds. The second-order valence-electron chi connectivity index (χ2n) is 3.61. The lowest BCUT2D eigenvalue weighted by atomic mass is 10.2. The summed E-state index contributed by atoms with van der Waals surface area (Å²) in [5.74, 6) is 0. The van der Waals surface area contributed by atoms with E-state index in [2.05, 4.69) is 5.32 Å². The first-order chi connectivity index (χ1) is 7.50. The lowest BCUT2D eigenvalue weighted by Gasteiger charge is -2.09. The van der Waals surface area contributed by atoms with Crippen molar-refractivity contribution in [3.8, 4) is 0 Å². The molecule has 1 rings (SSSR count). The largest absolute Gasteiger partial charge is 0.384 e. The molecular formula is C10H14ClN3O2. The van der Waals surface area contributed by atoms with Crippen molar-refractivity contribution >= 4 is 23.0 Å². The van der Waals surface area contributed by atoms with Crippen molar-refractivity contribution in [3.05, 3.63) is 33.3 Å². The lowest BCUT2D eigenvalue weighted by molar-refractivity contribution is -0.384. The van der Waals surface area contributed by atoms with Crippen LogP contribution in [0.25, 0.3) is 0 Å². The van der Waals surface area contributed by atoms with Crippen molar-refractivity contribution < 1.29 is 4.92 Å². The fourth-order valence-corrected chi connectivity index (χ4v) is 1.44. The quantitative estimate of drug-likeness (QED) is 0.615. The Bertz CT molecular complexity index is 382. The van der Waals surface area contributed by atoms with Crippen molar-refractivity contribution in [2.75, 3.05) is 11.9 Å². The molecule has 88 valence electrons. The highest BCUT2D eigenvalue weighted by Crippen LogP contribution is 2.26. The van der Waals surface area contributed by atoms with Gasteiger partial charge < -0.3 is 11.1 Å². The lowest BCUT2D eigenvalue weighted by Crippen LogP contribution is -2.19. The van der Waals surface area contributed by atoms with Gasteiger partial charge in [0.25, 0.3) is 5.69 Å². The van der Waals surface area contributed by atoms with Gasteiger partial charge >= 0.3 is 0 Å². The normalized spacial score (nSPS) is 12.2. The summed E-state index contributed by atoms with van der Waals surface area (Å²) in [6.45, 7) is 2.61. The highest BCUT2D eigenvalue weighted by molar-refractivity contribution is 6.33. The summed E-state index contributed by atoms with van der Waals surface area (Å²) in [5, 5.41) is 13.9. The number of rotatable bonds is 5. The summed E-state index contributed by atoms with van der Waals surface area (Å²) in [6, 6.07) is 4.46. The fourth-order valence-electron chi connectivity index (χ4n) is 1.20. The number of non-ortho nitro benzene ring substituents is 1. The van der Waals surface area contributed by atoms with Gasteiger partial charge in [0, 0.05) is 24.7 Å². The summed E-state index contributed by atoms with van der Waals surface area (Å²) < 4.78 is 0. The third kappa shape index (κ3) is 3.67. The van der Waals surface area contributed by atoms with Crippen LogP contribution >= 0.6 is 11.6 Å². The molecule has 0 aliphatic rings. The van der Waals surface area contributed by atoms with E-state index in [0.29, 0.717) is 17.3 Å². The van der Waals surface area contributed by atoms with Crippen molar-refractivity contribution in [2.24, 2.45) is 5.73 Å². The molecule has 0 saturated heterocycles. The monoisotopic (exact) mass is 243 g/mol. The van der Waals surface area contributed by atoms with Gasteiger partial charge in [-0.2, -0.15) is 0 Å². The van der Waals surface area contributed by atoms with Gasteiger partial charge in [0.15, 0.2) is 0 Å². The Kier molecular flexibility index (Phi) is 4.52. The van der Waals surface area contributed by atoms with Crippen LogP contribution in [0.15, 0.2) is 18.2 Å². The predicted octanol–water partition coefficient (Wildman–Crippen LogP) is 2.40. The highest BCUT2D eigenvalue weighted by Gasteiger charge is 2.08. The second-order valence-corrected chi connectivity index (χ2v) is 4.02.